The third-order valence-electron chi connectivity index (χ3n) is 3.51. The predicted molar refractivity (Wildman–Crippen MR) is 84.6 cm³/mol. The molecule has 0 spiro atoms. The summed E-state index contributed by atoms with van der Waals surface area (Å²) >= 11 is 0. The van der Waals surface area contributed by atoms with Crippen molar-refractivity contribution in [2.75, 3.05) is 26.2 Å². The Balaban J connectivity index is 2.72. The summed E-state index contributed by atoms with van der Waals surface area (Å²) < 4.78 is 10.6. The summed E-state index contributed by atoms with van der Waals surface area (Å²) in [6.07, 6.45) is 1.36. The van der Waals surface area contributed by atoms with Gasteiger partial charge in [-0.2, -0.15) is 0 Å². The molecule has 1 saturated heterocycles. The Bertz CT molecular complexity index is 379. The van der Waals surface area contributed by atoms with Gasteiger partial charge in [0, 0.05) is 19.1 Å². The number of piperidine rings is 1. The van der Waals surface area contributed by atoms with Crippen LogP contribution in [0.25, 0.3) is 0 Å². The maximum absolute atomic E-state index is 12.2. The summed E-state index contributed by atoms with van der Waals surface area (Å²) in [4.78, 5) is 26.0. The van der Waals surface area contributed by atoms with Gasteiger partial charge in [-0.1, -0.05) is 6.92 Å². The summed E-state index contributed by atoms with van der Waals surface area (Å²) in [5.41, 5.74) is -0.534. The van der Waals surface area contributed by atoms with Gasteiger partial charge in [0.05, 0.1) is 12.5 Å². The van der Waals surface area contributed by atoms with Crippen LogP contribution in [0.5, 0.6) is 0 Å². The SMILES string of the molecule is CCCN[C@@H]1CCN(C(=O)OC(C)(C)C)C[C@@H]1C(=O)OCC. The molecule has 1 rings (SSSR count). The summed E-state index contributed by atoms with van der Waals surface area (Å²) in [5, 5.41) is 3.39. The van der Waals surface area contributed by atoms with Crippen LogP contribution in [0.3, 0.4) is 0 Å². The fourth-order valence-electron chi connectivity index (χ4n) is 2.51. The van der Waals surface area contributed by atoms with E-state index < -0.39 is 5.60 Å². The van der Waals surface area contributed by atoms with Gasteiger partial charge in [0.1, 0.15) is 5.60 Å². The first kappa shape index (κ1) is 18.7. The second-order valence-corrected chi connectivity index (χ2v) is 6.63. The number of nitrogens with one attached hydrogen (secondary N) is 1. The van der Waals surface area contributed by atoms with Crippen LogP contribution in [0.15, 0.2) is 0 Å². The number of ether oxygens (including phenoxy) is 2. The molecule has 128 valence electrons. The van der Waals surface area contributed by atoms with Crippen LogP contribution >= 0.6 is 0 Å². The van der Waals surface area contributed by atoms with E-state index >= 15 is 0 Å². The van der Waals surface area contributed by atoms with Crippen molar-refractivity contribution in [1.82, 2.24) is 10.2 Å². The number of nitrogens with zero attached hydrogens (tertiary/aromatic N) is 1. The Morgan fingerprint density at radius 3 is 2.50 bits per heavy atom. The highest BCUT2D eigenvalue weighted by molar-refractivity contribution is 5.75. The molecule has 0 aliphatic carbocycles. The quantitative estimate of drug-likeness (QED) is 0.788. The Hall–Kier alpha value is -1.30. The van der Waals surface area contributed by atoms with Crippen LogP contribution in [0.4, 0.5) is 4.79 Å². The molecule has 2 atom stereocenters. The van der Waals surface area contributed by atoms with Crippen molar-refractivity contribution in [2.24, 2.45) is 5.92 Å². The summed E-state index contributed by atoms with van der Waals surface area (Å²) in [6, 6.07) is 0.0534. The lowest BCUT2D eigenvalue weighted by atomic mass is 9.92. The van der Waals surface area contributed by atoms with Gasteiger partial charge in [-0.05, 0) is 47.1 Å². The number of esters is 1. The first-order valence-corrected chi connectivity index (χ1v) is 8.16. The third kappa shape index (κ3) is 5.83. The Morgan fingerprint density at radius 1 is 1.27 bits per heavy atom. The van der Waals surface area contributed by atoms with E-state index in [1.807, 2.05) is 20.8 Å². The molecular formula is C16H30N2O4. The molecule has 0 bridgehead atoms. The summed E-state index contributed by atoms with van der Waals surface area (Å²) in [5.74, 6) is -0.586. The number of hydrogen-bond donors (Lipinski definition) is 1. The van der Waals surface area contributed by atoms with Crippen molar-refractivity contribution in [2.45, 2.75) is 59.1 Å². The van der Waals surface area contributed by atoms with Gasteiger partial charge in [0.2, 0.25) is 0 Å². The molecule has 0 aromatic rings. The number of carbonyl (C=O) groups excluding carboxylic acids is 2. The lowest BCUT2D eigenvalue weighted by Gasteiger charge is -2.38. The van der Waals surface area contributed by atoms with E-state index in [2.05, 4.69) is 12.2 Å². The maximum Gasteiger partial charge on any atom is 0.410 e. The molecule has 1 fully saturated rings. The van der Waals surface area contributed by atoms with Gasteiger partial charge < -0.3 is 19.7 Å². The second-order valence-electron chi connectivity index (χ2n) is 6.63. The van der Waals surface area contributed by atoms with E-state index in [9.17, 15) is 9.59 Å². The Labute approximate surface area is 133 Å². The lowest BCUT2D eigenvalue weighted by molar-refractivity contribution is -0.150. The largest absolute Gasteiger partial charge is 0.466 e. The maximum atomic E-state index is 12.2. The fourth-order valence-corrected chi connectivity index (χ4v) is 2.51. The van der Waals surface area contributed by atoms with E-state index in [4.69, 9.17) is 9.47 Å². The minimum Gasteiger partial charge on any atom is -0.466 e. The molecule has 6 heteroatoms. The molecule has 1 N–H and O–H groups in total. The number of likely N-dealkylation sites (tertiary alicyclic amines) is 1. The summed E-state index contributed by atoms with van der Waals surface area (Å²) in [7, 11) is 0. The molecule has 0 unspecified atom stereocenters. The smallest absolute Gasteiger partial charge is 0.410 e. The van der Waals surface area contributed by atoms with Crippen molar-refractivity contribution in [3.05, 3.63) is 0 Å². The zero-order valence-electron chi connectivity index (χ0n) is 14.5. The first-order chi connectivity index (χ1) is 10.3. The van der Waals surface area contributed by atoms with Gasteiger partial charge in [0.25, 0.3) is 0 Å². The highest BCUT2D eigenvalue weighted by Gasteiger charge is 2.37. The second kappa shape index (κ2) is 8.36. The van der Waals surface area contributed by atoms with Crippen LogP contribution in [0, 0.1) is 5.92 Å². The van der Waals surface area contributed by atoms with Gasteiger partial charge in [-0.25, -0.2) is 4.79 Å². The van der Waals surface area contributed by atoms with Gasteiger partial charge in [0.15, 0.2) is 0 Å². The normalized spacial score (nSPS) is 22.3. The van der Waals surface area contributed by atoms with Crippen LogP contribution < -0.4 is 5.32 Å². The molecule has 0 saturated carbocycles. The Kier molecular flexibility index (Phi) is 7.13. The minimum atomic E-state index is -0.534. The number of carbonyl (C=O) groups is 2. The molecule has 0 aromatic heterocycles. The molecule has 6 nitrogen and oxygen atoms in total. The fraction of sp³-hybridized carbons (Fsp3) is 0.875. The van der Waals surface area contributed by atoms with E-state index in [0.29, 0.717) is 19.7 Å². The van der Waals surface area contributed by atoms with Gasteiger partial charge in [-0.3, -0.25) is 4.79 Å². The average Bonchev–Trinajstić information content (AvgIpc) is 2.43. The van der Waals surface area contributed by atoms with E-state index in [-0.39, 0.29) is 24.0 Å². The first-order valence-electron chi connectivity index (χ1n) is 8.16. The predicted octanol–water partition coefficient (Wildman–Crippen LogP) is 2.17. The summed E-state index contributed by atoms with van der Waals surface area (Å²) in [6.45, 7) is 11.5. The topological polar surface area (TPSA) is 67.9 Å². The van der Waals surface area contributed by atoms with E-state index in [1.54, 1.807) is 11.8 Å². The van der Waals surface area contributed by atoms with Crippen LogP contribution in [0.2, 0.25) is 0 Å². The van der Waals surface area contributed by atoms with Crippen LogP contribution in [0.1, 0.15) is 47.5 Å². The number of rotatable bonds is 5. The Morgan fingerprint density at radius 2 is 1.95 bits per heavy atom. The monoisotopic (exact) mass is 314 g/mol. The minimum absolute atomic E-state index is 0.0534. The van der Waals surface area contributed by atoms with Gasteiger partial charge in [-0.15, -0.1) is 0 Å². The molecule has 1 amide bonds. The molecule has 1 aliphatic rings. The molecular weight excluding hydrogens is 284 g/mol. The third-order valence-corrected chi connectivity index (χ3v) is 3.51. The van der Waals surface area contributed by atoms with Crippen molar-refractivity contribution in [1.29, 1.82) is 0 Å². The van der Waals surface area contributed by atoms with E-state index in [1.165, 1.54) is 0 Å². The highest BCUT2D eigenvalue weighted by Crippen LogP contribution is 2.21. The van der Waals surface area contributed by atoms with E-state index in [0.717, 1.165) is 19.4 Å². The van der Waals surface area contributed by atoms with Crippen LogP contribution in [-0.4, -0.2) is 54.8 Å². The van der Waals surface area contributed by atoms with Crippen molar-refractivity contribution < 1.29 is 19.1 Å². The molecule has 1 heterocycles. The number of amides is 1. The van der Waals surface area contributed by atoms with Gasteiger partial charge >= 0.3 is 12.1 Å². The van der Waals surface area contributed by atoms with Crippen molar-refractivity contribution in [3.63, 3.8) is 0 Å². The molecule has 22 heavy (non-hydrogen) atoms. The molecule has 0 radical (unpaired) electrons. The molecule has 0 aromatic carbocycles. The zero-order chi connectivity index (χ0) is 16.8. The van der Waals surface area contributed by atoms with Crippen molar-refractivity contribution in [3.8, 4) is 0 Å². The van der Waals surface area contributed by atoms with Crippen molar-refractivity contribution >= 4 is 12.1 Å². The lowest BCUT2D eigenvalue weighted by Crippen LogP contribution is -2.54. The van der Waals surface area contributed by atoms with Crippen LogP contribution in [-0.2, 0) is 14.3 Å². The standard InChI is InChI=1S/C16H30N2O4/c1-6-9-17-13-8-10-18(15(20)22-16(3,4)5)11-12(13)14(19)21-7-2/h12-13,17H,6-11H2,1-5H3/t12-,13+/m0/s1. The average molecular weight is 314 g/mol. The molecule has 1 aliphatic heterocycles. The number of hydrogen-bond acceptors (Lipinski definition) is 5. The zero-order valence-corrected chi connectivity index (χ0v) is 14.5. The highest BCUT2D eigenvalue weighted by atomic mass is 16.6.